The Balaban J connectivity index is 1.71. The number of ether oxygens (including phenoxy) is 2. The molecule has 1 aliphatic rings. The van der Waals surface area contributed by atoms with Gasteiger partial charge in [-0.3, -0.25) is 9.36 Å². The van der Waals surface area contributed by atoms with Gasteiger partial charge in [0.2, 0.25) is 0 Å². The summed E-state index contributed by atoms with van der Waals surface area (Å²) in [6.07, 6.45) is 0.664. The Hall–Kier alpha value is -3.69. The lowest BCUT2D eigenvalue weighted by Gasteiger charge is -2.16. The number of hydrogen-bond acceptors (Lipinski definition) is 4. The number of imidazole rings is 1. The van der Waals surface area contributed by atoms with Gasteiger partial charge >= 0.3 is 0 Å². The Labute approximate surface area is 211 Å². The van der Waals surface area contributed by atoms with Crippen molar-refractivity contribution < 1.29 is 22.6 Å². The van der Waals surface area contributed by atoms with Gasteiger partial charge in [-0.05, 0) is 76.1 Å². The fourth-order valence-corrected chi connectivity index (χ4v) is 4.92. The summed E-state index contributed by atoms with van der Waals surface area (Å²) in [5.74, 6) is -2.32. The number of aryl methyl sites for hydroxylation is 2. The van der Waals surface area contributed by atoms with Crippen molar-refractivity contribution in [1.82, 2.24) is 14.5 Å². The highest BCUT2D eigenvalue weighted by atomic mass is 19.1. The quantitative estimate of drug-likeness (QED) is 0.359. The third-order valence-electron chi connectivity index (χ3n) is 6.38. The smallest absolute Gasteiger partial charge is 0.255 e. The van der Waals surface area contributed by atoms with Crippen LogP contribution >= 0.6 is 0 Å². The van der Waals surface area contributed by atoms with Crippen molar-refractivity contribution in [1.29, 1.82) is 0 Å². The molecular formula is C28H26F3N3O3. The number of pyridine rings is 1. The number of halogens is 3. The number of benzene rings is 2. The van der Waals surface area contributed by atoms with Crippen molar-refractivity contribution in [3.8, 4) is 28.2 Å². The molecule has 0 saturated carbocycles. The second-order valence-corrected chi connectivity index (χ2v) is 9.75. The fourth-order valence-electron chi connectivity index (χ4n) is 4.92. The van der Waals surface area contributed by atoms with Gasteiger partial charge in [-0.1, -0.05) is 0 Å². The molecule has 4 aromatic rings. The summed E-state index contributed by atoms with van der Waals surface area (Å²) in [5, 5.41) is 0. The number of nitrogens with zero attached hydrogens (tertiary/aromatic N) is 2. The maximum Gasteiger partial charge on any atom is 0.255 e. The number of nitrogens with one attached hydrogen (secondary N) is 1. The summed E-state index contributed by atoms with van der Waals surface area (Å²) < 4.78 is 55.9. The van der Waals surface area contributed by atoms with Crippen LogP contribution in [0.25, 0.3) is 28.2 Å². The van der Waals surface area contributed by atoms with Gasteiger partial charge in [0.05, 0.1) is 23.2 Å². The molecule has 5 rings (SSSR count). The average molecular weight is 510 g/mol. The van der Waals surface area contributed by atoms with Crippen molar-refractivity contribution in [2.45, 2.75) is 52.6 Å². The maximum absolute atomic E-state index is 14.9. The molecule has 0 unspecified atom stereocenters. The normalized spacial score (nSPS) is 18.9. The van der Waals surface area contributed by atoms with Crippen molar-refractivity contribution in [2.24, 2.45) is 0 Å². The van der Waals surface area contributed by atoms with Crippen LogP contribution in [-0.2, 0) is 9.47 Å². The zero-order valence-corrected chi connectivity index (χ0v) is 21.0. The van der Waals surface area contributed by atoms with E-state index in [-0.39, 0.29) is 17.2 Å². The summed E-state index contributed by atoms with van der Waals surface area (Å²) in [6, 6.07) is 8.95. The molecular weight excluding hydrogens is 483 g/mol. The zero-order chi connectivity index (χ0) is 26.6. The zero-order valence-electron chi connectivity index (χ0n) is 21.0. The number of hydrogen-bond donors (Lipinski definition) is 1. The minimum absolute atomic E-state index is 0.105. The minimum atomic E-state index is -0.844. The van der Waals surface area contributed by atoms with E-state index >= 15 is 0 Å². The third kappa shape index (κ3) is 4.60. The van der Waals surface area contributed by atoms with Gasteiger partial charge < -0.3 is 14.5 Å². The van der Waals surface area contributed by atoms with E-state index in [4.69, 9.17) is 14.5 Å². The summed E-state index contributed by atoms with van der Waals surface area (Å²) in [4.78, 5) is 20.8. The summed E-state index contributed by atoms with van der Waals surface area (Å²) in [7, 11) is 0. The molecule has 37 heavy (non-hydrogen) atoms. The van der Waals surface area contributed by atoms with Crippen LogP contribution in [0.4, 0.5) is 13.2 Å². The molecule has 9 heteroatoms. The van der Waals surface area contributed by atoms with Gasteiger partial charge in [-0.15, -0.1) is 0 Å². The standard InChI is InChI=1S/C28H26F3N3O3/c1-14-10-19(30)11-15(2)25(14)34-13-17(6-9-22(34)35)23-24(20-8-7-18(29)12-21(20)31)33-27(32-23)26-16(3)36-28(4,5)37-26/h6-13,16,26H,1-5H3,(H,32,33)/t16-,26+/m0/s1. The van der Waals surface area contributed by atoms with E-state index in [0.717, 1.165) is 12.1 Å². The van der Waals surface area contributed by atoms with Gasteiger partial charge in [0.1, 0.15) is 29.4 Å². The van der Waals surface area contributed by atoms with Crippen LogP contribution in [0, 0.1) is 31.3 Å². The number of H-pyrrole nitrogens is 1. The topological polar surface area (TPSA) is 69.1 Å². The first-order valence-corrected chi connectivity index (χ1v) is 11.8. The number of aromatic nitrogens is 3. The molecule has 6 nitrogen and oxygen atoms in total. The predicted octanol–water partition coefficient (Wildman–Crippen LogP) is 6.14. The summed E-state index contributed by atoms with van der Waals surface area (Å²) in [6.45, 7) is 8.86. The Morgan fingerprint density at radius 2 is 1.68 bits per heavy atom. The molecule has 0 spiro atoms. The fraction of sp³-hybridized carbons (Fsp3) is 0.286. The lowest BCUT2D eigenvalue weighted by molar-refractivity contribution is -0.146. The average Bonchev–Trinajstić information content (AvgIpc) is 3.34. The number of rotatable bonds is 4. The van der Waals surface area contributed by atoms with Crippen LogP contribution in [0.15, 0.2) is 53.5 Å². The Morgan fingerprint density at radius 1 is 0.973 bits per heavy atom. The van der Waals surface area contributed by atoms with Crippen LogP contribution in [-0.4, -0.2) is 26.4 Å². The van der Waals surface area contributed by atoms with Crippen LogP contribution in [0.2, 0.25) is 0 Å². The summed E-state index contributed by atoms with van der Waals surface area (Å²) in [5.41, 5.74) is 2.62. The lowest BCUT2D eigenvalue weighted by atomic mass is 10.0. The van der Waals surface area contributed by atoms with Crippen LogP contribution in [0.3, 0.4) is 0 Å². The van der Waals surface area contributed by atoms with Gasteiger partial charge in [-0.2, -0.15) is 0 Å². The third-order valence-corrected chi connectivity index (χ3v) is 6.38. The Kier molecular flexibility index (Phi) is 6.08. The predicted molar refractivity (Wildman–Crippen MR) is 133 cm³/mol. The van der Waals surface area contributed by atoms with E-state index in [1.165, 1.54) is 28.8 Å². The number of aromatic amines is 1. The molecule has 0 bridgehead atoms. The highest BCUT2D eigenvalue weighted by Crippen LogP contribution is 2.40. The molecule has 2 atom stereocenters. The van der Waals surface area contributed by atoms with Gasteiger partial charge in [-0.25, -0.2) is 18.2 Å². The highest BCUT2D eigenvalue weighted by Gasteiger charge is 2.41. The van der Waals surface area contributed by atoms with Gasteiger partial charge in [0, 0.05) is 29.5 Å². The second-order valence-electron chi connectivity index (χ2n) is 9.75. The van der Waals surface area contributed by atoms with E-state index < -0.39 is 29.3 Å². The molecule has 1 N–H and O–H groups in total. The highest BCUT2D eigenvalue weighted by molar-refractivity contribution is 5.78. The van der Waals surface area contributed by atoms with Crippen molar-refractivity contribution in [3.05, 3.63) is 93.4 Å². The van der Waals surface area contributed by atoms with E-state index in [2.05, 4.69) is 4.98 Å². The molecule has 192 valence electrons. The molecule has 1 aliphatic heterocycles. The molecule has 1 saturated heterocycles. The van der Waals surface area contributed by atoms with E-state index in [9.17, 15) is 18.0 Å². The van der Waals surface area contributed by atoms with Crippen molar-refractivity contribution >= 4 is 0 Å². The van der Waals surface area contributed by atoms with E-state index in [1.807, 2.05) is 6.92 Å². The first-order chi connectivity index (χ1) is 17.4. The molecule has 1 fully saturated rings. The van der Waals surface area contributed by atoms with Gasteiger partial charge in [0.15, 0.2) is 5.79 Å². The van der Waals surface area contributed by atoms with Crippen molar-refractivity contribution in [3.63, 3.8) is 0 Å². The molecule has 0 amide bonds. The molecule has 3 heterocycles. The lowest BCUT2D eigenvalue weighted by Crippen LogP contribution is -2.20. The van der Waals surface area contributed by atoms with E-state index in [0.29, 0.717) is 39.6 Å². The van der Waals surface area contributed by atoms with Crippen LogP contribution < -0.4 is 5.56 Å². The van der Waals surface area contributed by atoms with Crippen LogP contribution in [0.1, 0.15) is 43.8 Å². The summed E-state index contributed by atoms with van der Waals surface area (Å²) >= 11 is 0. The first-order valence-electron chi connectivity index (χ1n) is 11.8. The largest absolute Gasteiger partial charge is 0.344 e. The maximum atomic E-state index is 14.9. The molecule has 2 aromatic carbocycles. The Morgan fingerprint density at radius 3 is 2.30 bits per heavy atom. The first kappa shape index (κ1) is 25.0. The SMILES string of the molecule is Cc1cc(F)cc(C)c1-n1cc(-c2nc([C@@H]3OC(C)(C)O[C@H]3C)[nH]c2-c2ccc(F)cc2F)ccc1=O. The molecule has 0 aliphatic carbocycles. The van der Waals surface area contributed by atoms with Crippen molar-refractivity contribution in [2.75, 3.05) is 0 Å². The molecule has 2 aromatic heterocycles. The van der Waals surface area contributed by atoms with E-state index in [1.54, 1.807) is 40.0 Å². The Bertz CT molecular complexity index is 1550. The molecule has 0 radical (unpaired) electrons. The van der Waals surface area contributed by atoms with Crippen LogP contribution in [0.5, 0.6) is 0 Å². The monoisotopic (exact) mass is 509 g/mol. The van der Waals surface area contributed by atoms with Gasteiger partial charge in [0.25, 0.3) is 5.56 Å². The second kappa shape index (κ2) is 9.00. The minimum Gasteiger partial charge on any atom is -0.344 e.